The summed E-state index contributed by atoms with van der Waals surface area (Å²) in [6.07, 6.45) is 6.99. The van der Waals surface area contributed by atoms with Crippen LogP contribution < -0.4 is 5.32 Å². The van der Waals surface area contributed by atoms with E-state index < -0.39 is 0 Å². The van der Waals surface area contributed by atoms with Gasteiger partial charge in [0.05, 0.1) is 0 Å². The van der Waals surface area contributed by atoms with Crippen LogP contribution in [-0.4, -0.2) is 61.2 Å². The maximum absolute atomic E-state index is 3.63. The first-order valence-electron chi connectivity index (χ1n) is 9.14. The van der Waals surface area contributed by atoms with Crippen LogP contribution in [0.5, 0.6) is 0 Å². The van der Waals surface area contributed by atoms with Crippen molar-refractivity contribution in [2.75, 3.05) is 33.2 Å². The molecule has 122 valence electrons. The third-order valence-electron chi connectivity index (χ3n) is 6.50. The van der Waals surface area contributed by atoms with Gasteiger partial charge in [0, 0.05) is 37.8 Å². The van der Waals surface area contributed by atoms with E-state index in [2.05, 4.69) is 42.9 Å². The average molecular weight is 293 g/mol. The highest BCUT2D eigenvalue weighted by Gasteiger charge is 2.41. The zero-order chi connectivity index (χ0) is 15.0. The number of fused-ring (bicyclic) bond motifs is 1. The number of nitrogens with one attached hydrogen (secondary N) is 1. The monoisotopic (exact) mass is 293 g/mol. The van der Waals surface area contributed by atoms with Gasteiger partial charge in [0.15, 0.2) is 0 Å². The number of likely N-dealkylation sites (N-methyl/N-ethyl adjacent to an activating group) is 1. The van der Waals surface area contributed by atoms with Crippen molar-refractivity contribution in [2.24, 2.45) is 11.3 Å². The molecule has 0 radical (unpaired) electrons. The van der Waals surface area contributed by atoms with Crippen molar-refractivity contribution in [3.05, 3.63) is 0 Å². The molecule has 2 aliphatic heterocycles. The maximum atomic E-state index is 3.63. The summed E-state index contributed by atoms with van der Waals surface area (Å²) >= 11 is 0. The highest BCUT2D eigenvalue weighted by atomic mass is 15.3. The van der Waals surface area contributed by atoms with E-state index in [4.69, 9.17) is 0 Å². The van der Waals surface area contributed by atoms with Crippen LogP contribution >= 0.6 is 0 Å². The third kappa shape index (κ3) is 3.30. The fourth-order valence-corrected chi connectivity index (χ4v) is 4.99. The first-order chi connectivity index (χ1) is 9.99. The van der Waals surface area contributed by atoms with Crippen molar-refractivity contribution < 1.29 is 0 Å². The molecule has 3 rings (SSSR count). The Morgan fingerprint density at radius 2 is 1.71 bits per heavy atom. The van der Waals surface area contributed by atoms with Gasteiger partial charge in [-0.15, -0.1) is 0 Å². The Morgan fingerprint density at radius 3 is 2.43 bits per heavy atom. The number of nitrogens with zero attached hydrogens (tertiary/aromatic N) is 2. The molecule has 1 saturated carbocycles. The van der Waals surface area contributed by atoms with E-state index in [-0.39, 0.29) is 0 Å². The van der Waals surface area contributed by atoms with Crippen LogP contribution in [0.2, 0.25) is 0 Å². The van der Waals surface area contributed by atoms with Crippen LogP contribution in [0.1, 0.15) is 52.9 Å². The molecule has 4 atom stereocenters. The van der Waals surface area contributed by atoms with Crippen LogP contribution in [0.3, 0.4) is 0 Å². The first-order valence-corrected chi connectivity index (χ1v) is 9.14. The molecule has 0 spiro atoms. The molecule has 3 aliphatic rings. The fourth-order valence-electron chi connectivity index (χ4n) is 4.99. The minimum absolute atomic E-state index is 0.464. The van der Waals surface area contributed by atoms with E-state index in [1.54, 1.807) is 0 Å². The lowest BCUT2D eigenvalue weighted by Crippen LogP contribution is -2.60. The van der Waals surface area contributed by atoms with Crippen molar-refractivity contribution in [3.63, 3.8) is 0 Å². The molecule has 0 aromatic carbocycles. The molecule has 21 heavy (non-hydrogen) atoms. The van der Waals surface area contributed by atoms with Crippen molar-refractivity contribution in [1.82, 2.24) is 15.1 Å². The molecule has 3 heteroatoms. The van der Waals surface area contributed by atoms with Crippen LogP contribution in [0.15, 0.2) is 0 Å². The minimum atomic E-state index is 0.464. The number of rotatable bonds is 2. The zero-order valence-corrected chi connectivity index (χ0v) is 14.6. The summed E-state index contributed by atoms with van der Waals surface area (Å²) in [5, 5.41) is 3.63. The molecule has 2 saturated heterocycles. The second-order valence-electron chi connectivity index (χ2n) is 8.67. The molecule has 4 unspecified atom stereocenters. The van der Waals surface area contributed by atoms with Gasteiger partial charge in [0.1, 0.15) is 0 Å². The fraction of sp³-hybridized carbons (Fsp3) is 1.00. The SMILES string of the molecule is CNC1CCC(C(C)(C)C)CC1N1CCN2CCCC2C1. The van der Waals surface area contributed by atoms with E-state index >= 15 is 0 Å². The molecule has 1 N–H and O–H groups in total. The summed E-state index contributed by atoms with van der Waals surface area (Å²) < 4.78 is 0. The zero-order valence-electron chi connectivity index (χ0n) is 14.6. The van der Waals surface area contributed by atoms with Crippen molar-refractivity contribution in [1.29, 1.82) is 0 Å². The molecule has 2 heterocycles. The minimum Gasteiger partial charge on any atom is -0.315 e. The van der Waals surface area contributed by atoms with Crippen LogP contribution in [0.25, 0.3) is 0 Å². The molecule has 0 amide bonds. The Balaban J connectivity index is 1.68. The van der Waals surface area contributed by atoms with Gasteiger partial charge in [0.25, 0.3) is 0 Å². The van der Waals surface area contributed by atoms with Crippen LogP contribution in [-0.2, 0) is 0 Å². The van der Waals surface area contributed by atoms with Gasteiger partial charge in [0.2, 0.25) is 0 Å². The number of hydrogen-bond acceptors (Lipinski definition) is 3. The molecular weight excluding hydrogens is 258 g/mol. The topological polar surface area (TPSA) is 18.5 Å². The molecule has 3 fully saturated rings. The lowest BCUT2D eigenvalue weighted by Gasteiger charge is -2.49. The molecule has 1 aliphatic carbocycles. The van der Waals surface area contributed by atoms with Gasteiger partial charge < -0.3 is 5.32 Å². The van der Waals surface area contributed by atoms with Crippen molar-refractivity contribution in [2.45, 2.75) is 71.0 Å². The van der Waals surface area contributed by atoms with Gasteiger partial charge in [-0.2, -0.15) is 0 Å². The Labute approximate surface area is 131 Å². The first kappa shape index (κ1) is 15.8. The Bertz CT molecular complexity index is 349. The van der Waals surface area contributed by atoms with E-state index in [1.807, 2.05) is 0 Å². The van der Waals surface area contributed by atoms with E-state index in [0.29, 0.717) is 11.5 Å². The second-order valence-corrected chi connectivity index (χ2v) is 8.67. The number of piperazine rings is 1. The summed E-state index contributed by atoms with van der Waals surface area (Å²) in [5.74, 6) is 0.883. The molecular formula is C18H35N3. The summed E-state index contributed by atoms with van der Waals surface area (Å²) in [6.45, 7) is 12.6. The van der Waals surface area contributed by atoms with Crippen LogP contribution in [0.4, 0.5) is 0 Å². The standard InChI is InChI=1S/C18H35N3/c1-18(2,3)14-7-8-16(19-4)17(12-14)21-11-10-20-9-5-6-15(20)13-21/h14-17,19H,5-13H2,1-4H3. The molecule has 3 nitrogen and oxygen atoms in total. The van der Waals surface area contributed by atoms with E-state index in [9.17, 15) is 0 Å². The van der Waals surface area contributed by atoms with E-state index in [1.165, 1.54) is 58.3 Å². The van der Waals surface area contributed by atoms with Crippen molar-refractivity contribution >= 4 is 0 Å². The van der Waals surface area contributed by atoms with Gasteiger partial charge in [-0.05, 0) is 57.0 Å². The molecule has 0 aromatic rings. The molecule has 0 bridgehead atoms. The summed E-state index contributed by atoms with van der Waals surface area (Å²) in [4.78, 5) is 5.57. The van der Waals surface area contributed by atoms with Gasteiger partial charge in [-0.25, -0.2) is 0 Å². The van der Waals surface area contributed by atoms with Gasteiger partial charge >= 0.3 is 0 Å². The average Bonchev–Trinajstić information content (AvgIpc) is 2.93. The highest BCUT2D eigenvalue weighted by molar-refractivity contribution is 4.97. The normalized spacial score (nSPS) is 39.4. The predicted molar refractivity (Wildman–Crippen MR) is 89.6 cm³/mol. The Kier molecular flexibility index (Phi) is 4.63. The van der Waals surface area contributed by atoms with Crippen molar-refractivity contribution in [3.8, 4) is 0 Å². The summed E-state index contributed by atoms with van der Waals surface area (Å²) in [6, 6.07) is 2.32. The summed E-state index contributed by atoms with van der Waals surface area (Å²) in [5.41, 5.74) is 0.464. The van der Waals surface area contributed by atoms with E-state index in [0.717, 1.165) is 18.0 Å². The largest absolute Gasteiger partial charge is 0.315 e. The maximum Gasteiger partial charge on any atom is 0.0253 e. The predicted octanol–water partition coefficient (Wildman–Crippen LogP) is 2.57. The second kappa shape index (κ2) is 6.17. The highest BCUT2D eigenvalue weighted by Crippen LogP contribution is 2.40. The Hall–Kier alpha value is -0.120. The lowest BCUT2D eigenvalue weighted by atomic mass is 9.69. The quantitative estimate of drug-likeness (QED) is 0.844. The smallest absolute Gasteiger partial charge is 0.0253 e. The lowest BCUT2D eigenvalue weighted by molar-refractivity contribution is 0.0153. The van der Waals surface area contributed by atoms with Crippen LogP contribution in [0, 0.1) is 11.3 Å². The van der Waals surface area contributed by atoms with Gasteiger partial charge in [-0.3, -0.25) is 9.80 Å². The molecule has 0 aromatic heterocycles. The summed E-state index contributed by atoms with van der Waals surface area (Å²) in [7, 11) is 2.17. The number of hydrogen-bond donors (Lipinski definition) is 1. The third-order valence-corrected chi connectivity index (χ3v) is 6.50. The van der Waals surface area contributed by atoms with Gasteiger partial charge in [-0.1, -0.05) is 20.8 Å². The Morgan fingerprint density at radius 1 is 0.952 bits per heavy atom.